The Bertz CT molecular complexity index is 1040. The number of rotatable bonds is 4. The number of hydrogen-bond acceptors (Lipinski definition) is 3. The summed E-state index contributed by atoms with van der Waals surface area (Å²) in [4.78, 5) is 12.1. The second kappa shape index (κ2) is 8.68. The molecule has 1 heterocycles. The van der Waals surface area contributed by atoms with Crippen LogP contribution in [0.15, 0.2) is 51.8 Å². The molecule has 5 nitrogen and oxygen atoms in total. The van der Waals surface area contributed by atoms with Gasteiger partial charge >= 0.3 is 6.18 Å². The Kier molecular flexibility index (Phi) is 6.59. The predicted molar refractivity (Wildman–Crippen MR) is 111 cm³/mol. The summed E-state index contributed by atoms with van der Waals surface area (Å²) in [5, 5.41) is 2.65. The fourth-order valence-corrected chi connectivity index (χ4v) is 5.28. The molecule has 1 amide bonds. The number of alkyl halides is 3. The summed E-state index contributed by atoms with van der Waals surface area (Å²) in [6.07, 6.45) is -4.16. The van der Waals surface area contributed by atoms with Crippen molar-refractivity contribution in [1.29, 1.82) is 0 Å². The first-order valence-electron chi connectivity index (χ1n) is 9.26. The molecule has 1 unspecified atom stereocenters. The Balaban J connectivity index is 1.78. The van der Waals surface area contributed by atoms with Crippen LogP contribution >= 0.6 is 15.9 Å². The van der Waals surface area contributed by atoms with Gasteiger partial charge in [-0.05, 0) is 67.8 Å². The lowest BCUT2D eigenvalue weighted by Crippen LogP contribution is -2.51. The number of nitrogens with one attached hydrogen (secondary N) is 1. The van der Waals surface area contributed by atoms with Gasteiger partial charge in [0, 0.05) is 22.3 Å². The largest absolute Gasteiger partial charge is 0.405 e. The molecule has 162 valence electrons. The second-order valence-electron chi connectivity index (χ2n) is 7.11. The van der Waals surface area contributed by atoms with Gasteiger partial charge in [-0.15, -0.1) is 0 Å². The molecule has 0 bridgehead atoms. The van der Waals surface area contributed by atoms with Crippen molar-refractivity contribution >= 4 is 37.5 Å². The summed E-state index contributed by atoms with van der Waals surface area (Å²) in [6.45, 7) is 1.67. The minimum absolute atomic E-state index is 0.173. The number of piperidine rings is 1. The average molecular weight is 505 g/mol. The Hall–Kier alpha value is -1.91. The van der Waals surface area contributed by atoms with E-state index in [0.29, 0.717) is 28.4 Å². The maximum Gasteiger partial charge on any atom is 0.405 e. The molecule has 1 aliphatic rings. The molecule has 0 saturated carbocycles. The molecule has 0 spiro atoms. The van der Waals surface area contributed by atoms with Crippen molar-refractivity contribution in [2.24, 2.45) is 0 Å². The third-order valence-electron chi connectivity index (χ3n) is 4.97. The van der Waals surface area contributed by atoms with Crippen LogP contribution in [-0.2, 0) is 10.0 Å². The molecule has 30 heavy (non-hydrogen) atoms. The molecule has 1 aliphatic heterocycles. The van der Waals surface area contributed by atoms with Crippen molar-refractivity contribution in [3.63, 3.8) is 0 Å². The van der Waals surface area contributed by atoms with Gasteiger partial charge in [0.1, 0.15) is 6.04 Å². The fraction of sp³-hybridized carbons (Fsp3) is 0.350. The first-order valence-corrected chi connectivity index (χ1v) is 11.5. The zero-order valence-corrected chi connectivity index (χ0v) is 18.4. The van der Waals surface area contributed by atoms with Gasteiger partial charge in [-0.25, -0.2) is 8.42 Å². The Morgan fingerprint density at radius 1 is 1.13 bits per heavy atom. The summed E-state index contributed by atoms with van der Waals surface area (Å²) in [7, 11) is -4.31. The summed E-state index contributed by atoms with van der Waals surface area (Å²) < 4.78 is 66.9. The molecule has 0 aromatic heterocycles. The molecular formula is C20H20BrF3N2O3S. The molecule has 3 rings (SSSR count). The van der Waals surface area contributed by atoms with Crippen LogP contribution in [0.4, 0.5) is 18.9 Å². The number of benzene rings is 2. The van der Waals surface area contributed by atoms with Crippen molar-refractivity contribution in [3.8, 4) is 0 Å². The topological polar surface area (TPSA) is 66.5 Å². The van der Waals surface area contributed by atoms with E-state index in [4.69, 9.17) is 0 Å². The lowest BCUT2D eigenvalue weighted by Gasteiger charge is -2.35. The van der Waals surface area contributed by atoms with E-state index < -0.39 is 22.2 Å². The summed E-state index contributed by atoms with van der Waals surface area (Å²) in [5.74, 6) is -0.380. The van der Waals surface area contributed by atoms with Crippen molar-refractivity contribution in [1.82, 2.24) is 4.31 Å². The number of amides is 1. The van der Waals surface area contributed by atoms with Crippen molar-refractivity contribution in [2.75, 3.05) is 11.9 Å². The van der Waals surface area contributed by atoms with Crippen molar-refractivity contribution < 1.29 is 26.4 Å². The molecule has 2 aromatic rings. The maximum atomic E-state index is 13.3. The molecule has 0 radical (unpaired) electrons. The molecule has 1 fully saturated rings. The summed E-state index contributed by atoms with van der Waals surface area (Å²) in [5.41, 5.74) is 1.64. The van der Waals surface area contributed by atoms with Crippen LogP contribution in [0, 0.1) is 6.92 Å². The van der Waals surface area contributed by atoms with Gasteiger partial charge in [0.2, 0.25) is 10.0 Å². The highest BCUT2D eigenvalue weighted by molar-refractivity contribution is 9.10. The number of halogens is 4. The molecule has 2 aromatic carbocycles. The van der Waals surface area contributed by atoms with Gasteiger partial charge in [0.15, 0.2) is 0 Å². The van der Waals surface area contributed by atoms with Gasteiger partial charge in [-0.3, -0.25) is 4.79 Å². The van der Waals surface area contributed by atoms with E-state index in [1.807, 2.05) is 6.92 Å². The highest BCUT2D eigenvalue weighted by Gasteiger charge is 2.49. The van der Waals surface area contributed by atoms with E-state index in [1.165, 1.54) is 24.3 Å². The van der Waals surface area contributed by atoms with Crippen LogP contribution < -0.4 is 5.32 Å². The normalized spacial score (nSPS) is 18.2. The molecule has 10 heteroatoms. The minimum Gasteiger partial charge on any atom is -0.322 e. The van der Waals surface area contributed by atoms with Gasteiger partial charge in [-0.2, -0.15) is 17.5 Å². The van der Waals surface area contributed by atoms with Crippen LogP contribution in [0.2, 0.25) is 0 Å². The first-order chi connectivity index (χ1) is 14.0. The first kappa shape index (κ1) is 22.8. The van der Waals surface area contributed by atoms with E-state index in [0.717, 1.165) is 10.0 Å². The SMILES string of the molecule is Cc1cc(C(=O)Nc2ccc(S(=O)(=O)N3CCCCC3C(F)(F)F)cc2)ccc1Br. The number of hydrogen-bond donors (Lipinski definition) is 1. The van der Waals surface area contributed by atoms with Crippen LogP contribution in [0.1, 0.15) is 35.2 Å². The monoisotopic (exact) mass is 504 g/mol. The molecular weight excluding hydrogens is 485 g/mol. The highest BCUT2D eigenvalue weighted by atomic mass is 79.9. The molecule has 1 N–H and O–H groups in total. The molecule has 0 aliphatic carbocycles. The van der Waals surface area contributed by atoms with Crippen LogP contribution in [0.25, 0.3) is 0 Å². The Morgan fingerprint density at radius 3 is 2.40 bits per heavy atom. The average Bonchev–Trinajstić information content (AvgIpc) is 2.70. The zero-order chi connectivity index (χ0) is 22.1. The third-order valence-corrected chi connectivity index (χ3v) is 7.78. The highest BCUT2D eigenvalue weighted by Crippen LogP contribution is 2.35. The van der Waals surface area contributed by atoms with Crippen molar-refractivity contribution in [2.45, 2.75) is 43.3 Å². The van der Waals surface area contributed by atoms with Crippen LogP contribution in [0.3, 0.4) is 0 Å². The quantitative estimate of drug-likeness (QED) is 0.628. The fourth-order valence-electron chi connectivity index (χ4n) is 3.35. The standard InChI is InChI=1S/C20H20BrF3N2O3S/c1-13-12-14(5-10-17(13)21)19(27)25-15-6-8-16(9-7-15)30(28,29)26-11-3-2-4-18(26)20(22,23)24/h5-10,12,18H,2-4,11H2,1H3,(H,25,27). The lowest BCUT2D eigenvalue weighted by molar-refractivity contribution is -0.177. The minimum atomic E-state index is -4.62. The van der Waals surface area contributed by atoms with Gasteiger partial charge in [-0.1, -0.05) is 22.4 Å². The van der Waals surface area contributed by atoms with E-state index >= 15 is 0 Å². The third kappa shape index (κ3) is 4.87. The number of carbonyl (C=O) groups excluding carboxylic acids is 1. The van der Waals surface area contributed by atoms with E-state index in [9.17, 15) is 26.4 Å². The second-order valence-corrected chi connectivity index (χ2v) is 9.86. The maximum absolute atomic E-state index is 13.3. The number of aryl methyl sites for hydroxylation is 1. The summed E-state index contributed by atoms with van der Waals surface area (Å²) >= 11 is 3.36. The number of anilines is 1. The van der Waals surface area contributed by atoms with Gasteiger partial charge in [0.25, 0.3) is 5.91 Å². The van der Waals surface area contributed by atoms with Gasteiger partial charge in [0.05, 0.1) is 4.90 Å². The van der Waals surface area contributed by atoms with E-state index in [-0.39, 0.29) is 23.8 Å². The van der Waals surface area contributed by atoms with Crippen LogP contribution in [-0.4, -0.2) is 37.4 Å². The smallest absolute Gasteiger partial charge is 0.322 e. The van der Waals surface area contributed by atoms with E-state index in [2.05, 4.69) is 21.2 Å². The Morgan fingerprint density at radius 2 is 1.80 bits per heavy atom. The van der Waals surface area contributed by atoms with Crippen molar-refractivity contribution in [3.05, 3.63) is 58.1 Å². The number of carbonyl (C=O) groups is 1. The van der Waals surface area contributed by atoms with E-state index in [1.54, 1.807) is 18.2 Å². The molecule has 1 saturated heterocycles. The molecule has 1 atom stereocenters. The van der Waals surface area contributed by atoms with Crippen LogP contribution in [0.5, 0.6) is 0 Å². The predicted octanol–water partition coefficient (Wildman–Crippen LogP) is 5.12. The number of nitrogens with zero attached hydrogens (tertiary/aromatic N) is 1. The van der Waals surface area contributed by atoms with Gasteiger partial charge < -0.3 is 5.32 Å². The number of sulfonamides is 1. The summed E-state index contributed by atoms with van der Waals surface area (Å²) in [6, 6.07) is 8.21. The zero-order valence-electron chi connectivity index (χ0n) is 16.0. The lowest BCUT2D eigenvalue weighted by atomic mass is 10.0. The Labute approximate surface area is 181 Å².